The molecule has 5 aromatic rings. The first-order valence-corrected chi connectivity index (χ1v) is 14.7. The molecule has 2 heterocycles. The van der Waals surface area contributed by atoms with E-state index in [9.17, 15) is 9.59 Å². The molecule has 0 aliphatic carbocycles. The number of carbonyl (C=O) groups is 1. The molecule has 0 bridgehead atoms. The summed E-state index contributed by atoms with van der Waals surface area (Å²) in [6.07, 6.45) is 5.43. The van der Waals surface area contributed by atoms with Gasteiger partial charge >= 0.3 is 0 Å². The van der Waals surface area contributed by atoms with Crippen LogP contribution in [0.2, 0.25) is 0 Å². The molecule has 44 heavy (non-hydrogen) atoms. The summed E-state index contributed by atoms with van der Waals surface area (Å²) in [6, 6.07) is 23.2. The maximum atomic E-state index is 12.4. The molecule has 3 aromatic carbocycles. The van der Waals surface area contributed by atoms with Gasteiger partial charge in [-0.25, -0.2) is 4.68 Å². The van der Waals surface area contributed by atoms with Crippen molar-refractivity contribution < 1.29 is 28.2 Å². The lowest BCUT2D eigenvalue weighted by atomic mass is 10.1. The second-order valence-corrected chi connectivity index (χ2v) is 10.0. The minimum absolute atomic E-state index is 0.0676. The predicted octanol–water partition coefficient (Wildman–Crippen LogP) is 5.38. The van der Waals surface area contributed by atoms with Gasteiger partial charge in [0.25, 0.3) is 0 Å². The van der Waals surface area contributed by atoms with E-state index in [0.29, 0.717) is 74.2 Å². The zero-order valence-corrected chi connectivity index (χ0v) is 24.4. The largest absolute Gasteiger partial charge is 0.494 e. The molecule has 0 spiro atoms. The van der Waals surface area contributed by atoms with Gasteiger partial charge in [-0.3, -0.25) is 9.59 Å². The lowest BCUT2D eigenvalue weighted by Gasteiger charge is -2.09. The number of carbonyl (C=O) groups excluding carboxylic acids is 1. The van der Waals surface area contributed by atoms with Crippen molar-refractivity contribution in [3.63, 3.8) is 0 Å². The van der Waals surface area contributed by atoms with Gasteiger partial charge in [-0.15, -0.1) is 5.10 Å². The first kappa shape index (κ1) is 30.7. The van der Waals surface area contributed by atoms with Gasteiger partial charge in [-0.2, -0.15) is 0 Å². The van der Waals surface area contributed by atoms with Gasteiger partial charge in [0.2, 0.25) is 0 Å². The summed E-state index contributed by atoms with van der Waals surface area (Å²) in [7, 11) is 0. The first-order valence-electron chi connectivity index (χ1n) is 14.7. The lowest BCUT2D eigenvalue weighted by molar-refractivity contribution is 0.0333. The van der Waals surface area contributed by atoms with Crippen LogP contribution in [0.5, 0.6) is 11.5 Å². The van der Waals surface area contributed by atoms with Gasteiger partial charge in [0.05, 0.1) is 50.7 Å². The van der Waals surface area contributed by atoms with Crippen molar-refractivity contribution in [2.75, 3.05) is 39.6 Å². The highest BCUT2D eigenvalue weighted by molar-refractivity contribution is 5.78. The fraction of sp³-hybridized carbons (Fsp3) is 0.294. The van der Waals surface area contributed by atoms with Gasteiger partial charge in [-0.1, -0.05) is 17.3 Å². The van der Waals surface area contributed by atoms with Crippen LogP contribution in [0.1, 0.15) is 28.9 Å². The molecule has 228 valence electrons. The van der Waals surface area contributed by atoms with E-state index in [0.717, 1.165) is 42.6 Å². The second kappa shape index (κ2) is 16.2. The van der Waals surface area contributed by atoms with Gasteiger partial charge in [0.1, 0.15) is 35.7 Å². The monoisotopic (exact) mass is 597 g/mol. The normalized spacial score (nSPS) is 11.1. The number of fused-ring (bicyclic) bond motifs is 1. The van der Waals surface area contributed by atoms with E-state index in [2.05, 4.69) is 10.3 Å². The highest BCUT2D eigenvalue weighted by Crippen LogP contribution is 2.24. The molecule has 0 aliphatic rings. The third kappa shape index (κ3) is 9.10. The van der Waals surface area contributed by atoms with Crippen molar-refractivity contribution in [2.24, 2.45) is 0 Å². The molecular formula is C34H35N3O7. The van der Waals surface area contributed by atoms with Gasteiger partial charge in [-0.05, 0) is 79.9 Å². The van der Waals surface area contributed by atoms with Crippen LogP contribution in [0, 0.1) is 0 Å². The average molecular weight is 598 g/mol. The molecule has 0 radical (unpaired) electrons. The summed E-state index contributed by atoms with van der Waals surface area (Å²) in [5.74, 6) is 1.99. The molecule has 0 saturated carbocycles. The molecule has 0 fully saturated rings. The van der Waals surface area contributed by atoms with Crippen molar-refractivity contribution in [1.29, 1.82) is 0 Å². The highest BCUT2D eigenvalue weighted by atomic mass is 16.5. The Bertz CT molecular complexity index is 1660. The minimum Gasteiger partial charge on any atom is -0.494 e. The van der Waals surface area contributed by atoms with Crippen molar-refractivity contribution >= 4 is 17.3 Å². The van der Waals surface area contributed by atoms with E-state index in [1.165, 1.54) is 6.07 Å². The number of nitrogens with zero attached hydrogens (tertiary/aromatic N) is 3. The summed E-state index contributed by atoms with van der Waals surface area (Å²) in [4.78, 5) is 23.1. The zero-order valence-electron chi connectivity index (χ0n) is 24.4. The Morgan fingerprint density at radius 3 is 2.27 bits per heavy atom. The number of aromatic nitrogens is 3. The fourth-order valence-corrected chi connectivity index (χ4v) is 4.46. The van der Waals surface area contributed by atoms with Gasteiger partial charge < -0.3 is 23.4 Å². The molecule has 5 rings (SSSR count). The number of benzene rings is 3. The van der Waals surface area contributed by atoms with Crippen LogP contribution in [-0.2, 0) is 22.4 Å². The van der Waals surface area contributed by atoms with E-state index in [1.54, 1.807) is 41.1 Å². The number of rotatable bonds is 18. The summed E-state index contributed by atoms with van der Waals surface area (Å²) < 4.78 is 30.4. The third-order valence-corrected chi connectivity index (χ3v) is 6.80. The van der Waals surface area contributed by atoms with E-state index < -0.39 is 0 Å². The van der Waals surface area contributed by atoms with Crippen molar-refractivity contribution in [2.45, 2.75) is 25.8 Å². The fourth-order valence-electron chi connectivity index (χ4n) is 4.46. The molecule has 0 saturated heterocycles. The average Bonchev–Trinajstić information content (AvgIpc) is 3.52. The van der Waals surface area contributed by atoms with Crippen LogP contribution in [0.3, 0.4) is 0 Å². The Morgan fingerprint density at radius 2 is 1.48 bits per heavy atom. The summed E-state index contributed by atoms with van der Waals surface area (Å²) in [5, 5.41) is 8.96. The smallest absolute Gasteiger partial charge is 0.193 e. The van der Waals surface area contributed by atoms with Crippen molar-refractivity contribution in [3.05, 3.63) is 107 Å². The summed E-state index contributed by atoms with van der Waals surface area (Å²) in [5.41, 5.74) is 2.88. The molecule has 2 aromatic heterocycles. The van der Waals surface area contributed by atoms with Crippen LogP contribution in [-0.4, -0.2) is 60.9 Å². The van der Waals surface area contributed by atoms with Crippen LogP contribution in [0.4, 0.5) is 0 Å². The molecule has 0 N–H and O–H groups in total. The molecule has 10 heteroatoms. The van der Waals surface area contributed by atoms with Crippen molar-refractivity contribution in [3.8, 4) is 22.8 Å². The minimum atomic E-state index is -0.0676. The molecule has 0 atom stereocenters. The maximum absolute atomic E-state index is 12.4. The SMILES string of the molecule is O=Cc1ccc(OCCCCc2cn(CCOCCOCCOc3ccc(-c4cc(=O)c5ccccc5o4)cc3)nn2)cc1. The Kier molecular flexibility index (Phi) is 11.3. The molecule has 0 unspecified atom stereocenters. The number of aryl methyl sites for hydroxylation is 1. The standard InChI is InChI=1S/C34H35N3O7/c38-25-26-8-12-29(13-9-26)42-17-4-3-5-28-24-37(36-35-28)16-18-40-19-20-41-21-22-43-30-14-10-27(11-15-30)34-23-32(39)31-6-1-2-7-33(31)44-34/h1-2,6-15,23-25H,3-5,16-22H2. The summed E-state index contributed by atoms with van der Waals surface area (Å²) in [6.45, 7) is 3.54. The number of hydrogen-bond donors (Lipinski definition) is 0. The topological polar surface area (TPSA) is 115 Å². The third-order valence-electron chi connectivity index (χ3n) is 6.80. The predicted molar refractivity (Wildman–Crippen MR) is 165 cm³/mol. The number of para-hydroxylation sites is 1. The van der Waals surface area contributed by atoms with E-state index in [1.807, 2.05) is 42.6 Å². The van der Waals surface area contributed by atoms with Crippen LogP contribution >= 0.6 is 0 Å². The number of ether oxygens (including phenoxy) is 4. The molecular weight excluding hydrogens is 562 g/mol. The number of aldehydes is 1. The Balaban J connectivity index is 0.886. The lowest BCUT2D eigenvalue weighted by Crippen LogP contribution is -2.13. The molecule has 10 nitrogen and oxygen atoms in total. The second-order valence-electron chi connectivity index (χ2n) is 10.0. The van der Waals surface area contributed by atoms with E-state index >= 15 is 0 Å². The van der Waals surface area contributed by atoms with E-state index in [4.69, 9.17) is 23.4 Å². The van der Waals surface area contributed by atoms with Crippen LogP contribution < -0.4 is 14.9 Å². The zero-order chi connectivity index (χ0) is 30.4. The maximum Gasteiger partial charge on any atom is 0.193 e. The summed E-state index contributed by atoms with van der Waals surface area (Å²) >= 11 is 0. The van der Waals surface area contributed by atoms with Crippen LogP contribution in [0.25, 0.3) is 22.3 Å². The van der Waals surface area contributed by atoms with Crippen molar-refractivity contribution in [1.82, 2.24) is 15.0 Å². The number of hydrogen-bond acceptors (Lipinski definition) is 9. The Labute approximate surface area is 255 Å². The highest BCUT2D eigenvalue weighted by Gasteiger charge is 2.07. The molecule has 0 aliphatic heterocycles. The van der Waals surface area contributed by atoms with E-state index in [-0.39, 0.29) is 5.43 Å². The Morgan fingerprint density at radius 1 is 0.773 bits per heavy atom. The quantitative estimate of drug-likeness (QED) is 0.0970. The van der Waals surface area contributed by atoms with Crippen LogP contribution in [0.15, 0.2) is 94.3 Å². The first-order chi connectivity index (χ1) is 21.7. The number of unbranched alkanes of at least 4 members (excludes halogenated alkanes) is 1. The van der Waals surface area contributed by atoms with Gasteiger partial charge in [0, 0.05) is 23.4 Å². The molecule has 0 amide bonds. The Hall–Kier alpha value is -4.80. The van der Waals surface area contributed by atoms with Gasteiger partial charge in [0.15, 0.2) is 5.43 Å².